The molecule has 0 saturated carbocycles. The van der Waals surface area contributed by atoms with Gasteiger partial charge in [-0.05, 0) is 84.7 Å². The second-order valence-electron chi connectivity index (χ2n) is 7.65. The van der Waals surface area contributed by atoms with Gasteiger partial charge in [0.05, 0.1) is 0 Å². The monoisotopic (exact) mass is 511 g/mol. The van der Waals surface area contributed by atoms with Crippen LogP contribution in [0.3, 0.4) is 0 Å². The van der Waals surface area contributed by atoms with Crippen LogP contribution in [-0.4, -0.2) is 17.6 Å². The Hall–Kier alpha value is -2.90. The second kappa shape index (κ2) is 11.1. The van der Waals surface area contributed by atoms with Gasteiger partial charge >= 0.3 is 0 Å². The Bertz CT molecular complexity index is 1090. The first-order valence-corrected chi connectivity index (χ1v) is 11.5. The molecule has 5 nitrogen and oxygen atoms in total. The number of nitrogens with one attached hydrogen (secondary N) is 3. The molecule has 7 heteroatoms. The predicted octanol–water partition coefficient (Wildman–Crippen LogP) is 6.52. The molecule has 32 heavy (non-hydrogen) atoms. The molecule has 0 saturated heterocycles. The highest BCUT2D eigenvalue weighted by Gasteiger charge is 2.13. The van der Waals surface area contributed by atoms with Crippen molar-refractivity contribution in [3.05, 3.63) is 82.3 Å². The SMILES string of the molecule is Cc1cc(OCC(=O)NC(=S)Nc2ccc(Nc3ccccc3)cc2)c(C(C)C)cc1Br. The second-order valence-corrected chi connectivity index (χ2v) is 8.92. The van der Waals surface area contributed by atoms with Crippen LogP contribution < -0.4 is 20.7 Å². The number of rotatable bonds is 7. The molecule has 3 N–H and O–H groups in total. The Morgan fingerprint density at radius 2 is 1.62 bits per heavy atom. The summed E-state index contributed by atoms with van der Waals surface area (Å²) in [5.41, 5.74) is 4.83. The van der Waals surface area contributed by atoms with E-state index in [-0.39, 0.29) is 23.5 Å². The minimum Gasteiger partial charge on any atom is -0.483 e. The lowest BCUT2D eigenvalue weighted by molar-refractivity contribution is -0.121. The molecule has 3 aromatic rings. The molecule has 3 aromatic carbocycles. The van der Waals surface area contributed by atoms with E-state index in [9.17, 15) is 4.79 Å². The molecule has 0 atom stereocenters. The maximum absolute atomic E-state index is 12.3. The molecule has 0 spiro atoms. The average Bonchev–Trinajstić information content (AvgIpc) is 2.76. The van der Waals surface area contributed by atoms with Gasteiger partial charge in [-0.25, -0.2) is 0 Å². The van der Waals surface area contributed by atoms with Crippen molar-refractivity contribution < 1.29 is 9.53 Å². The fourth-order valence-electron chi connectivity index (χ4n) is 3.04. The fraction of sp³-hybridized carbons (Fsp3) is 0.200. The van der Waals surface area contributed by atoms with Gasteiger partial charge in [-0.3, -0.25) is 10.1 Å². The van der Waals surface area contributed by atoms with Crippen LogP contribution in [0, 0.1) is 6.92 Å². The molecule has 0 fully saturated rings. The standard InChI is InChI=1S/C25H26BrN3O2S/c1-16(2)21-14-22(26)17(3)13-23(21)31-15-24(30)29-25(32)28-20-11-9-19(10-12-20)27-18-7-5-4-6-8-18/h4-14,16,27H,15H2,1-3H3,(H2,28,29,30,32). The molecule has 0 aliphatic heterocycles. The van der Waals surface area contributed by atoms with E-state index in [1.807, 2.05) is 73.7 Å². The summed E-state index contributed by atoms with van der Waals surface area (Å²) in [5, 5.41) is 9.22. The highest BCUT2D eigenvalue weighted by atomic mass is 79.9. The van der Waals surface area contributed by atoms with Crippen molar-refractivity contribution in [1.82, 2.24) is 5.32 Å². The molecule has 0 aliphatic rings. The van der Waals surface area contributed by atoms with E-state index in [0.29, 0.717) is 5.75 Å². The van der Waals surface area contributed by atoms with Crippen molar-refractivity contribution in [2.75, 3.05) is 17.2 Å². The van der Waals surface area contributed by atoms with Crippen LogP contribution in [0.5, 0.6) is 5.75 Å². The Balaban J connectivity index is 1.51. The Morgan fingerprint density at radius 3 is 2.28 bits per heavy atom. The zero-order valence-electron chi connectivity index (χ0n) is 18.2. The first-order chi connectivity index (χ1) is 15.3. The predicted molar refractivity (Wildman–Crippen MR) is 139 cm³/mol. The summed E-state index contributed by atoms with van der Waals surface area (Å²) in [6, 6.07) is 21.6. The number of carbonyl (C=O) groups excluding carboxylic acids is 1. The topological polar surface area (TPSA) is 62.4 Å². The molecule has 0 heterocycles. The van der Waals surface area contributed by atoms with Gasteiger partial charge in [0.2, 0.25) is 0 Å². The molecular formula is C25H26BrN3O2S. The molecule has 166 valence electrons. The van der Waals surface area contributed by atoms with Crippen LogP contribution in [0.1, 0.15) is 30.9 Å². The van der Waals surface area contributed by atoms with Crippen molar-refractivity contribution in [3.63, 3.8) is 0 Å². The number of hydrogen-bond acceptors (Lipinski definition) is 4. The maximum Gasteiger partial charge on any atom is 0.264 e. The van der Waals surface area contributed by atoms with E-state index in [1.54, 1.807) is 0 Å². The molecule has 3 rings (SSSR count). The zero-order chi connectivity index (χ0) is 23.1. The van der Waals surface area contributed by atoms with Crippen molar-refractivity contribution in [1.29, 1.82) is 0 Å². The normalized spacial score (nSPS) is 10.5. The number of carbonyl (C=O) groups is 1. The smallest absolute Gasteiger partial charge is 0.264 e. The number of amides is 1. The minimum atomic E-state index is -0.319. The Morgan fingerprint density at radius 1 is 1.00 bits per heavy atom. The lowest BCUT2D eigenvalue weighted by Crippen LogP contribution is -2.37. The van der Waals surface area contributed by atoms with Gasteiger partial charge in [0.25, 0.3) is 5.91 Å². The van der Waals surface area contributed by atoms with E-state index in [1.165, 1.54) is 0 Å². The summed E-state index contributed by atoms with van der Waals surface area (Å²) in [6.07, 6.45) is 0. The third-order valence-corrected chi connectivity index (χ3v) is 5.79. The lowest BCUT2D eigenvalue weighted by atomic mass is 10.0. The Kier molecular flexibility index (Phi) is 8.25. The number of aryl methyl sites for hydroxylation is 1. The number of thiocarbonyl (C=S) groups is 1. The van der Waals surface area contributed by atoms with E-state index < -0.39 is 0 Å². The number of hydrogen-bond donors (Lipinski definition) is 3. The van der Waals surface area contributed by atoms with Crippen LogP contribution in [0.2, 0.25) is 0 Å². The van der Waals surface area contributed by atoms with E-state index >= 15 is 0 Å². The summed E-state index contributed by atoms with van der Waals surface area (Å²) < 4.78 is 6.81. The van der Waals surface area contributed by atoms with Gasteiger partial charge in [0.1, 0.15) is 5.75 Å². The fourth-order valence-corrected chi connectivity index (χ4v) is 3.63. The third kappa shape index (κ3) is 6.80. The average molecular weight is 512 g/mol. The largest absolute Gasteiger partial charge is 0.483 e. The number of benzene rings is 3. The van der Waals surface area contributed by atoms with Crippen LogP contribution in [0.15, 0.2) is 71.2 Å². The quantitative estimate of drug-likeness (QED) is 0.315. The van der Waals surface area contributed by atoms with E-state index in [0.717, 1.165) is 32.7 Å². The summed E-state index contributed by atoms with van der Waals surface area (Å²) in [4.78, 5) is 12.3. The van der Waals surface area contributed by atoms with Crippen LogP contribution in [0.25, 0.3) is 0 Å². The highest BCUT2D eigenvalue weighted by molar-refractivity contribution is 9.10. The maximum atomic E-state index is 12.3. The molecule has 1 amide bonds. The number of ether oxygens (including phenoxy) is 1. The van der Waals surface area contributed by atoms with E-state index in [4.69, 9.17) is 17.0 Å². The third-order valence-electron chi connectivity index (χ3n) is 4.73. The van der Waals surface area contributed by atoms with Gasteiger partial charge in [-0.1, -0.05) is 48.0 Å². The van der Waals surface area contributed by atoms with Crippen LogP contribution in [0.4, 0.5) is 17.1 Å². The lowest BCUT2D eigenvalue weighted by Gasteiger charge is -2.16. The van der Waals surface area contributed by atoms with Crippen LogP contribution in [-0.2, 0) is 4.79 Å². The van der Waals surface area contributed by atoms with Gasteiger partial charge in [0, 0.05) is 21.5 Å². The van der Waals surface area contributed by atoms with Crippen molar-refractivity contribution in [2.45, 2.75) is 26.7 Å². The molecular weight excluding hydrogens is 486 g/mol. The molecule has 0 aliphatic carbocycles. The van der Waals surface area contributed by atoms with Gasteiger partial charge in [-0.15, -0.1) is 0 Å². The zero-order valence-corrected chi connectivity index (χ0v) is 20.6. The van der Waals surface area contributed by atoms with Crippen molar-refractivity contribution in [3.8, 4) is 5.75 Å². The van der Waals surface area contributed by atoms with Crippen LogP contribution >= 0.6 is 28.1 Å². The summed E-state index contributed by atoms with van der Waals surface area (Å²) in [5.74, 6) is 0.656. The van der Waals surface area contributed by atoms with Crippen molar-refractivity contribution in [2.24, 2.45) is 0 Å². The summed E-state index contributed by atoms with van der Waals surface area (Å²) in [7, 11) is 0. The van der Waals surface area contributed by atoms with E-state index in [2.05, 4.69) is 45.7 Å². The molecule has 0 radical (unpaired) electrons. The Labute approximate surface area is 202 Å². The first-order valence-electron chi connectivity index (χ1n) is 10.3. The first kappa shape index (κ1) is 23.8. The van der Waals surface area contributed by atoms with Gasteiger partial charge in [0.15, 0.2) is 11.7 Å². The summed E-state index contributed by atoms with van der Waals surface area (Å²) in [6.45, 7) is 6.04. The minimum absolute atomic E-state index is 0.122. The van der Waals surface area contributed by atoms with Gasteiger partial charge < -0.3 is 15.4 Å². The van der Waals surface area contributed by atoms with Gasteiger partial charge in [-0.2, -0.15) is 0 Å². The molecule has 0 aromatic heterocycles. The van der Waals surface area contributed by atoms with Crippen molar-refractivity contribution >= 4 is 56.2 Å². The number of halogens is 1. The molecule has 0 unspecified atom stereocenters. The summed E-state index contributed by atoms with van der Waals surface area (Å²) >= 11 is 8.82. The highest BCUT2D eigenvalue weighted by Crippen LogP contribution is 2.32. The number of anilines is 3. The number of para-hydroxylation sites is 1. The molecule has 0 bridgehead atoms.